The molecular formula is C23H17F3N2O6S2. The van der Waals surface area contributed by atoms with Gasteiger partial charge in [0.1, 0.15) is 28.8 Å². The number of rotatable bonds is 7. The van der Waals surface area contributed by atoms with Gasteiger partial charge in [-0.1, -0.05) is 0 Å². The summed E-state index contributed by atoms with van der Waals surface area (Å²) in [5.41, 5.74) is -2.49. The summed E-state index contributed by atoms with van der Waals surface area (Å²) >= 11 is 1.98. The van der Waals surface area contributed by atoms with E-state index < -0.39 is 47.0 Å². The Morgan fingerprint density at radius 1 is 1.11 bits per heavy atom. The van der Waals surface area contributed by atoms with Gasteiger partial charge in [-0.15, -0.1) is 23.1 Å². The minimum absolute atomic E-state index is 0.00507. The lowest BCUT2D eigenvalue weighted by molar-refractivity contribution is 0.0608. The van der Waals surface area contributed by atoms with E-state index >= 15 is 4.39 Å². The summed E-state index contributed by atoms with van der Waals surface area (Å²) in [4.78, 5) is 40.7. The van der Waals surface area contributed by atoms with Crippen LogP contribution in [0.25, 0.3) is 16.6 Å². The second kappa shape index (κ2) is 10.1. The molecule has 0 aliphatic carbocycles. The van der Waals surface area contributed by atoms with Gasteiger partial charge in [-0.3, -0.25) is 4.79 Å². The largest absolute Gasteiger partial charge is 0.496 e. The summed E-state index contributed by atoms with van der Waals surface area (Å²) in [6.07, 6.45) is 1.63. The molecule has 0 atom stereocenters. The molecule has 0 radical (unpaired) electrons. The van der Waals surface area contributed by atoms with Crippen molar-refractivity contribution in [1.29, 1.82) is 0 Å². The number of ether oxygens (including phenoxy) is 3. The Hall–Kier alpha value is -3.71. The molecule has 0 aliphatic heterocycles. The highest BCUT2D eigenvalue weighted by molar-refractivity contribution is 7.98. The average Bonchev–Trinajstić information content (AvgIpc) is 3.29. The molecule has 188 valence electrons. The van der Waals surface area contributed by atoms with Gasteiger partial charge in [0.2, 0.25) is 0 Å². The molecule has 0 spiro atoms. The van der Waals surface area contributed by atoms with Crippen LogP contribution >= 0.6 is 23.1 Å². The number of nitrogens with one attached hydrogen (secondary N) is 1. The minimum Gasteiger partial charge on any atom is -0.496 e. The quantitative estimate of drug-likeness (QED) is 0.277. The predicted octanol–water partition coefficient (Wildman–Crippen LogP) is 4.25. The van der Waals surface area contributed by atoms with Gasteiger partial charge < -0.3 is 19.2 Å². The van der Waals surface area contributed by atoms with Crippen LogP contribution < -0.4 is 20.7 Å². The van der Waals surface area contributed by atoms with Crippen LogP contribution in [-0.2, 0) is 11.3 Å². The molecule has 0 saturated carbocycles. The Labute approximate surface area is 209 Å². The number of aromatic nitrogens is 2. The number of carbonyl (C=O) groups excluding carboxylic acids is 1. The molecule has 13 heteroatoms. The van der Waals surface area contributed by atoms with Crippen molar-refractivity contribution in [3.05, 3.63) is 78.4 Å². The lowest BCUT2D eigenvalue weighted by atomic mass is 10.2. The van der Waals surface area contributed by atoms with Gasteiger partial charge in [-0.2, -0.15) is 0 Å². The standard InChI is InChI=1S/C23H17F3N2O6S2/c1-32-15-5-4-11(24)19(26)10(15)8-34-16-7-14(12(25)6-17(16)35-3)28-21(29)18-13(27-23(28)31)9-36-20(18)22(30)33-2/h4-7,9H,8H2,1-3H3,(H,27,31). The van der Waals surface area contributed by atoms with E-state index in [4.69, 9.17) is 9.47 Å². The average molecular weight is 539 g/mol. The summed E-state index contributed by atoms with van der Waals surface area (Å²) in [7, 11) is 2.42. The molecule has 0 unspecified atom stereocenters. The molecule has 1 N–H and O–H groups in total. The summed E-state index contributed by atoms with van der Waals surface area (Å²) < 4.78 is 59.2. The van der Waals surface area contributed by atoms with Gasteiger partial charge in [-0.05, 0) is 24.5 Å². The topological polar surface area (TPSA) is 99.6 Å². The number of thiophene rings is 1. The second-order valence-electron chi connectivity index (χ2n) is 7.20. The number of hydrogen-bond donors (Lipinski definition) is 1. The Morgan fingerprint density at radius 2 is 1.86 bits per heavy atom. The number of nitrogens with zero attached hydrogens (tertiary/aromatic N) is 1. The molecule has 0 saturated heterocycles. The maximum atomic E-state index is 15.1. The van der Waals surface area contributed by atoms with Gasteiger partial charge in [0.05, 0.1) is 41.3 Å². The highest BCUT2D eigenvalue weighted by Crippen LogP contribution is 2.34. The molecule has 0 fully saturated rings. The molecule has 2 aromatic heterocycles. The van der Waals surface area contributed by atoms with Crippen molar-refractivity contribution in [3.63, 3.8) is 0 Å². The fourth-order valence-electron chi connectivity index (χ4n) is 3.52. The summed E-state index contributed by atoms with van der Waals surface area (Å²) in [6.45, 7) is -0.493. The lowest BCUT2D eigenvalue weighted by Gasteiger charge is -2.15. The fourth-order valence-corrected chi connectivity index (χ4v) is 4.97. The predicted molar refractivity (Wildman–Crippen MR) is 128 cm³/mol. The maximum absolute atomic E-state index is 15.1. The second-order valence-corrected chi connectivity index (χ2v) is 8.93. The van der Waals surface area contributed by atoms with Crippen molar-refractivity contribution in [2.75, 3.05) is 20.5 Å². The highest BCUT2D eigenvalue weighted by atomic mass is 32.2. The molecule has 0 amide bonds. The van der Waals surface area contributed by atoms with Crippen molar-refractivity contribution in [2.24, 2.45) is 0 Å². The Balaban J connectivity index is 1.85. The van der Waals surface area contributed by atoms with Crippen LogP contribution in [0.5, 0.6) is 11.5 Å². The first-order chi connectivity index (χ1) is 17.2. The first-order valence-electron chi connectivity index (χ1n) is 10.1. The van der Waals surface area contributed by atoms with E-state index in [0.29, 0.717) is 4.57 Å². The first kappa shape index (κ1) is 25.4. The normalized spacial score (nSPS) is 11.1. The highest BCUT2D eigenvalue weighted by Gasteiger charge is 2.23. The van der Waals surface area contributed by atoms with Crippen LogP contribution in [0.1, 0.15) is 15.2 Å². The number of benzene rings is 2. The van der Waals surface area contributed by atoms with Crippen LogP contribution in [0.3, 0.4) is 0 Å². The fraction of sp³-hybridized carbons (Fsp3) is 0.174. The van der Waals surface area contributed by atoms with Gasteiger partial charge in [0.25, 0.3) is 5.56 Å². The van der Waals surface area contributed by atoms with E-state index in [0.717, 1.165) is 48.4 Å². The lowest BCUT2D eigenvalue weighted by Crippen LogP contribution is -2.34. The van der Waals surface area contributed by atoms with E-state index in [9.17, 15) is 23.2 Å². The van der Waals surface area contributed by atoms with Crippen molar-refractivity contribution >= 4 is 40.0 Å². The molecule has 2 heterocycles. The number of carbonyl (C=O) groups is 1. The zero-order chi connectivity index (χ0) is 26.1. The van der Waals surface area contributed by atoms with Crippen LogP contribution in [0.2, 0.25) is 0 Å². The number of thioether (sulfide) groups is 1. The number of halogens is 3. The molecule has 0 aliphatic rings. The molecule has 36 heavy (non-hydrogen) atoms. The number of H-pyrrole nitrogens is 1. The number of esters is 1. The van der Waals surface area contributed by atoms with Crippen LogP contribution in [0.4, 0.5) is 13.2 Å². The molecule has 2 aromatic carbocycles. The molecule has 4 aromatic rings. The monoisotopic (exact) mass is 538 g/mol. The van der Waals surface area contributed by atoms with E-state index in [1.807, 2.05) is 0 Å². The number of hydrogen-bond acceptors (Lipinski definition) is 8. The van der Waals surface area contributed by atoms with E-state index in [-0.39, 0.29) is 37.7 Å². The summed E-state index contributed by atoms with van der Waals surface area (Å²) in [5, 5.41) is 1.26. The van der Waals surface area contributed by atoms with Crippen LogP contribution in [-0.4, -0.2) is 36.0 Å². The Kier molecular flexibility index (Phi) is 7.13. The van der Waals surface area contributed by atoms with Crippen LogP contribution in [0, 0.1) is 17.5 Å². The van der Waals surface area contributed by atoms with Crippen molar-refractivity contribution in [2.45, 2.75) is 11.5 Å². The van der Waals surface area contributed by atoms with Gasteiger partial charge in [-0.25, -0.2) is 27.3 Å². The van der Waals surface area contributed by atoms with E-state index in [1.165, 1.54) is 18.6 Å². The maximum Gasteiger partial charge on any atom is 0.348 e. The van der Waals surface area contributed by atoms with Crippen molar-refractivity contribution < 1.29 is 32.2 Å². The smallest absolute Gasteiger partial charge is 0.348 e. The van der Waals surface area contributed by atoms with Gasteiger partial charge in [0, 0.05) is 11.4 Å². The molecular weight excluding hydrogens is 521 g/mol. The van der Waals surface area contributed by atoms with Gasteiger partial charge >= 0.3 is 11.7 Å². The zero-order valence-corrected chi connectivity index (χ0v) is 20.6. The SMILES string of the molecule is COC(=O)c1scc2[nH]c(=O)n(-c3cc(OCc4c(OC)ccc(F)c4F)c(SC)cc3F)c(=O)c12. The summed E-state index contributed by atoms with van der Waals surface area (Å²) in [6, 6.07) is 4.27. The first-order valence-corrected chi connectivity index (χ1v) is 12.2. The van der Waals surface area contributed by atoms with Crippen molar-refractivity contribution in [3.8, 4) is 17.2 Å². The third kappa shape index (κ3) is 4.35. The van der Waals surface area contributed by atoms with Gasteiger partial charge in [0.15, 0.2) is 11.6 Å². The number of aromatic amines is 1. The van der Waals surface area contributed by atoms with Crippen LogP contribution in [0.15, 0.2) is 44.1 Å². The third-order valence-electron chi connectivity index (χ3n) is 5.24. The zero-order valence-electron chi connectivity index (χ0n) is 18.9. The Morgan fingerprint density at radius 3 is 2.53 bits per heavy atom. The minimum atomic E-state index is -1.17. The molecule has 8 nitrogen and oxygen atoms in total. The molecule has 4 rings (SSSR count). The van der Waals surface area contributed by atoms with E-state index in [2.05, 4.69) is 9.72 Å². The summed E-state index contributed by atoms with van der Waals surface area (Å²) in [5.74, 6) is -3.97. The third-order valence-corrected chi connectivity index (χ3v) is 6.96. The number of methoxy groups -OCH3 is 2. The Bertz CT molecular complexity index is 1610. The molecule has 0 bridgehead atoms. The van der Waals surface area contributed by atoms with E-state index in [1.54, 1.807) is 6.26 Å². The number of fused-ring (bicyclic) bond motifs is 1. The van der Waals surface area contributed by atoms with Crippen molar-refractivity contribution in [1.82, 2.24) is 9.55 Å².